The number of carbonyl (C=O) groups is 1. The number of hydrogen-bond acceptors (Lipinski definition) is 7. The van der Waals surface area contributed by atoms with Gasteiger partial charge < -0.3 is 21.2 Å². The highest BCUT2D eigenvalue weighted by atomic mass is 32.1. The minimum atomic E-state index is -0.305. The monoisotopic (exact) mass is 477 g/mol. The molecule has 0 aromatic heterocycles. The zero-order valence-corrected chi connectivity index (χ0v) is 21.6. The van der Waals surface area contributed by atoms with Gasteiger partial charge in [-0.2, -0.15) is 0 Å². The first-order valence-corrected chi connectivity index (χ1v) is 11.5. The van der Waals surface area contributed by atoms with Crippen LogP contribution in [-0.4, -0.2) is 64.3 Å². The largest absolute Gasteiger partial charge is 0.412 e. The summed E-state index contributed by atoms with van der Waals surface area (Å²) in [6.45, 7) is 12.4. The van der Waals surface area contributed by atoms with Crippen molar-refractivity contribution in [1.29, 1.82) is 0 Å². The summed E-state index contributed by atoms with van der Waals surface area (Å²) in [5.41, 5.74) is 7.40. The van der Waals surface area contributed by atoms with Crippen molar-refractivity contribution >= 4 is 36.4 Å². The number of benzene rings is 1. The molecule has 8 nitrogen and oxygen atoms in total. The molecule has 1 aliphatic carbocycles. The molecule has 9 heteroatoms. The summed E-state index contributed by atoms with van der Waals surface area (Å²) in [5.74, 6) is 0.556. The van der Waals surface area contributed by atoms with Crippen molar-refractivity contribution in [2.75, 3.05) is 18.5 Å². The molecule has 5 N–H and O–H groups in total. The molecular weight excluding hydrogens is 438 g/mol. The Morgan fingerprint density at radius 2 is 1.91 bits per heavy atom. The third kappa shape index (κ3) is 6.37. The van der Waals surface area contributed by atoms with Crippen LogP contribution in [0, 0.1) is 0 Å². The fourth-order valence-electron chi connectivity index (χ4n) is 3.35. The van der Waals surface area contributed by atoms with Crippen molar-refractivity contribution in [3.05, 3.63) is 35.5 Å². The highest BCUT2D eigenvalue weighted by Gasteiger charge is 2.47. The van der Waals surface area contributed by atoms with Crippen LogP contribution in [-0.2, 0) is 0 Å². The first kappa shape index (κ1) is 28.7. The van der Waals surface area contributed by atoms with Crippen molar-refractivity contribution in [3.8, 4) is 0 Å². The maximum absolute atomic E-state index is 13.2. The van der Waals surface area contributed by atoms with Gasteiger partial charge in [0.05, 0.1) is 35.0 Å². The van der Waals surface area contributed by atoms with Gasteiger partial charge in [-0.05, 0) is 58.7 Å². The van der Waals surface area contributed by atoms with E-state index in [0.717, 1.165) is 29.0 Å². The van der Waals surface area contributed by atoms with Gasteiger partial charge in [0.2, 0.25) is 5.96 Å². The molecule has 1 fully saturated rings. The Morgan fingerprint density at radius 3 is 2.39 bits per heavy atom. The zero-order chi connectivity index (χ0) is 24.3. The maximum Gasteiger partial charge on any atom is 0.263 e. The molecule has 2 aliphatic heterocycles. The molecule has 184 valence electrons. The number of thiol groups is 1. The number of aliphatic hydroxyl groups is 1. The summed E-state index contributed by atoms with van der Waals surface area (Å²) in [6, 6.07) is 5.76. The van der Waals surface area contributed by atoms with E-state index in [-0.39, 0.29) is 28.6 Å². The van der Waals surface area contributed by atoms with Crippen LogP contribution >= 0.6 is 12.6 Å². The van der Waals surface area contributed by atoms with E-state index < -0.39 is 0 Å². The van der Waals surface area contributed by atoms with E-state index in [0.29, 0.717) is 18.1 Å². The normalized spacial score (nSPS) is 21.6. The molecule has 0 unspecified atom stereocenters. The Hall–Kier alpha value is -2.36. The van der Waals surface area contributed by atoms with E-state index in [9.17, 15) is 4.79 Å². The molecule has 0 bridgehead atoms. The second-order valence-electron chi connectivity index (χ2n) is 8.83. The number of aliphatic imine (C=N–C) groups is 2. The Kier molecular flexibility index (Phi) is 9.71. The van der Waals surface area contributed by atoms with Crippen LogP contribution in [0.15, 0.2) is 44.9 Å². The number of hydrogen-bond donors (Lipinski definition) is 3. The lowest BCUT2D eigenvalue weighted by molar-refractivity contribution is 0.0850. The van der Waals surface area contributed by atoms with E-state index in [1.807, 2.05) is 39.0 Å². The molecule has 1 saturated carbocycles. The highest BCUT2D eigenvalue weighted by Crippen LogP contribution is 2.39. The van der Waals surface area contributed by atoms with E-state index in [4.69, 9.17) is 15.8 Å². The molecule has 3 aliphatic rings. The van der Waals surface area contributed by atoms with Crippen LogP contribution in [0.1, 0.15) is 64.7 Å². The second kappa shape index (κ2) is 11.2. The molecule has 0 radical (unpaired) electrons. The van der Waals surface area contributed by atoms with Crippen LogP contribution in [0.2, 0.25) is 0 Å². The van der Waals surface area contributed by atoms with Crippen LogP contribution in [0.5, 0.6) is 0 Å². The maximum atomic E-state index is 13.2. The Morgan fingerprint density at radius 1 is 1.33 bits per heavy atom. The molecular formula is C24H39N5O3S. The first-order chi connectivity index (χ1) is 15.0. The lowest BCUT2D eigenvalue weighted by Gasteiger charge is -2.39. The van der Waals surface area contributed by atoms with Crippen molar-refractivity contribution in [1.82, 2.24) is 4.90 Å². The van der Waals surface area contributed by atoms with E-state index in [1.54, 1.807) is 18.2 Å². The zero-order valence-electron chi connectivity index (χ0n) is 20.8. The second-order valence-corrected chi connectivity index (χ2v) is 9.35. The fraction of sp³-hybridized carbons (Fsp3) is 0.542. The smallest absolute Gasteiger partial charge is 0.263 e. The van der Waals surface area contributed by atoms with Gasteiger partial charge in [-0.25, -0.2) is 4.99 Å². The summed E-state index contributed by atoms with van der Waals surface area (Å²) < 4.78 is 0. The van der Waals surface area contributed by atoms with Crippen LogP contribution in [0.25, 0.3) is 0 Å². The Balaban J connectivity index is 0.000000592. The quantitative estimate of drug-likeness (QED) is 0.457. The number of rotatable bonds is 3. The number of fused-ring (bicyclic) bond motifs is 3. The van der Waals surface area contributed by atoms with Gasteiger partial charge in [0, 0.05) is 29.9 Å². The van der Waals surface area contributed by atoms with Crippen molar-refractivity contribution in [2.24, 2.45) is 15.7 Å². The lowest BCUT2D eigenvalue weighted by atomic mass is 9.96. The van der Waals surface area contributed by atoms with Gasteiger partial charge in [-0.1, -0.05) is 13.8 Å². The number of nitrogens with two attached hydrogens (primary N) is 1. The van der Waals surface area contributed by atoms with Crippen molar-refractivity contribution < 1.29 is 15.4 Å². The summed E-state index contributed by atoms with van der Waals surface area (Å²) in [6.07, 6.45) is 5.14. The van der Waals surface area contributed by atoms with Gasteiger partial charge in [0.1, 0.15) is 0 Å². The standard InChI is InChI=1S/C18H23N5OS.C4H8O.C2H6.H2O/c1-11-18(2,3)21-17-22(10-12(8-19)9-20-4)16(24)14-7-13(25)5-6-15(14)23(11)17;1-4(5)2-3-4;1-2;/h5-9,11,25H,10,19H2,1-4H3;5H,2-3H2,1H3;1-2H3;1H2/b12-8+,20-9?;;;/t11-;;;/m0.../s1. The van der Waals surface area contributed by atoms with Crippen molar-refractivity contribution in [3.63, 3.8) is 0 Å². The third-order valence-electron chi connectivity index (χ3n) is 5.79. The molecule has 33 heavy (non-hydrogen) atoms. The summed E-state index contributed by atoms with van der Waals surface area (Å²) in [4.78, 5) is 26.6. The minimum absolute atomic E-state index is 0. The number of anilines is 1. The summed E-state index contributed by atoms with van der Waals surface area (Å²) >= 11 is 4.39. The summed E-state index contributed by atoms with van der Waals surface area (Å²) in [5, 5.41) is 8.63. The van der Waals surface area contributed by atoms with Gasteiger partial charge >= 0.3 is 0 Å². The predicted molar refractivity (Wildman–Crippen MR) is 140 cm³/mol. The summed E-state index contributed by atoms with van der Waals surface area (Å²) in [7, 11) is 1.68. The van der Waals surface area contributed by atoms with Crippen LogP contribution in [0.3, 0.4) is 0 Å². The van der Waals surface area contributed by atoms with Crippen LogP contribution < -0.4 is 10.6 Å². The third-order valence-corrected chi connectivity index (χ3v) is 6.07. The fourth-order valence-corrected chi connectivity index (χ4v) is 3.55. The SMILES string of the molecule is CC.CC1(O)CC1.CN=C/C(=C\N)CN1C(=O)c2cc(S)ccc2N2C1=NC(C)(C)[C@@H]2C.O. The topological polar surface area (TPSA) is 126 Å². The molecule has 1 aromatic carbocycles. The molecule has 1 amide bonds. The highest BCUT2D eigenvalue weighted by molar-refractivity contribution is 7.80. The number of carbonyl (C=O) groups excluding carboxylic acids is 1. The van der Waals surface area contributed by atoms with E-state index in [1.165, 1.54) is 6.20 Å². The van der Waals surface area contributed by atoms with Gasteiger partial charge in [0.25, 0.3) is 5.91 Å². The van der Waals surface area contributed by atoms with E-state index in [2.05, 4.69) is 43.3 Å². The average molecular weight is 478 g/mol. The average Bonchev–Trinajstić information content (AvgIpc) is 3.39. The molecule has 4 rings (SSSR count). The molecule has 0 spiro atoms. The number of nitrogens with zero attached hydrogens (tertiary/aromatic N) is 4. The minimum Gasteiger partial charge on any atom is -0.412 e. The molecule has 1 aromatic rings. The van der Waals surface area contributed by atoms with Crippen molar-refractivity contribution in [2.45, 2.75) is 76.5 Å². The Labute approximate surface area is 203 Å². The molecule has 2 heterocycles. The van der Waals surface area contributed by atoms with E-state index >= 15 is 0 Å². The Bertz CT molecular complexity index is 934. The number of amides is 1. The molecule has 1 atom stereocenters. The molecule has 0 saturated heterocycles. The first-order valence-electron chi connectivity index (χ1n) is 11.1. The van der Waals surface area contributed by atoms with Gasteiger partial charge in [0.15, 0.2) is 0 Å². The number of guanidine groups is 1. The van der Waals surface area contributed by atoms with Crippen LogP contribution in [0.4, 0.5) is 5.69 Å². The lowest BCUT2D eigenvalue weighted by Crippen LogP contribution is -2.54. The van der Waals surface area contributed by atoms with Gasteiger partial charge in [-0.3, -0.25) is 14.7 Å². The predicted octanol–water partition coefficient (Wildman–Crippen LogP) is 3.05. The van der Waals surface area contributed by atoms with Gasteiger partial charge in [-0.15, -0.1) is 12.6 Å².